The molecule has 0 saturated heterocycles. The predicted molar refractivity (Wildman–Crippen MR) is 98.8 cm³/mol. The topological polar surface area (TPSA) is 36.4 Å². The maximum atomic E-state index is 4.29. The minimum atomic E-state index is 0.200. The molecule has 1 aromatic carbocycles. The average Bonchev–Trinajstić information content (AvgIpc) is 2.48. The standard InChI is InChI=1S/C16H27N3S2/c1-12-7-8-13(14(9-12)20-5)10-18-15(17-4)19-11-16(2,3)21-6/h7-9H,10-11H2,1-6H3,(H2,17,18,19). The van der Waals surface area contributed by atoms with Crippen molar-refractivity contribution in [1.29, 1.82) is 0 Å². The molecule has 5 heteroatoms. The maximum absolute atomic E-state index is 4.29. The molecule has 0 atom stereocenters. The largest absolute Gasteiger partial charge is 0.355 e. The first-order valence-corrected chi connectivity index (χ1v) is 9.50. The van der Waals surface area contributed by atoms with Crippen LogP contribution in [0.3, 0.4) is 0 Å². The van der Waals surface area contributed by atoms with E-state index < -0.39 is 0 Å². The zero-order chi connectivity index (χ0) is 15.9. The molecule has 0 bridgehead atoms. The number of thioether (sulfide) groups is 2. The number of rotatable bonds is 6. The summed E-state index contributed by atoms with van der Waals surface area (Å²) in [6, 6.07) is 6.58. The highest BCUT2D eigenvalue weighted by Crippen LogP contribution is 2.22. The van der Waals surface area contributed by atoms with E-state index in [0.717, 1.165) is 19.0 Å². The predicted octanol–water partition coefficient (Wildman–Crippen LogP) is 3.52. The summed E-state index contributed by atoms with van der Waals surface area (Å²) in [4.78, 5) is 5.61. The van der Waals surface area contributed by atoms with Crippen LogP contribution in [-0.2, 0) is 6.54 Å². The summed E-state index contributed by atoms with van der Waals surface area (Å²) in [6.07, 6.45) is 4.25. The minimum Gasteiger partial charge on any atom is -0.355 e. The van der Waals surface area contributed by atoms with Crippen LogP contribution < -0.4 is 10.6 Å². The van der Waals surface area contributed by atoms with Gasteiger partial charge in [-0.1, -0.05) is 12.1 Å². The Morgan fingerprint density at radius 2 is 1.95 bits per heavy atom. The van der Waals surface area contributed by atoms with Crippen LogP contribution in [0.25, 0.3) is 0 Å². The lowest BCUT2D eigenvalue weighted by atomic mass is 10.1. The molecule has 0 saturated carbocycles. The second-order valence-corrected chi connectivity index (χ2v) is 7.92. The van der Waals surface area contributed by atoms with E-state index in [1.54, 1.807) is 11.8 Å². The summed E-state index contributed by atoms with van der Waals surface area (Å²) in [6.45, 7) is 8.25. The molecule has 0 spiro atoms. The summed E-state index contributed by atoms with van der Waals surface area (Å²) in [5.74, 6) is 0.852. The van der Waals surface area contributed by atoms with Gasteiger partial charge >= 0.3 is 0 Å². The van der Waals surface area contributed by atoms with E-state index in [1.807, 2.05) is 18.8 Å². The third-order valence-corrected chi connectivity index (χ3v) is 5.42. The Kier molecular flexibility index (Phi) is 7.46. The molecule has 0 amide bonds. The van der Waals surface area contributed by atoms with Gasteiger partial charge in [-0.3, -0.25) is 4.99 Å². The molecule has 0 fully saturated rings. The van der Waals surface area contributed by atoms with Crippen molar-refractivity contribution in [3.63, 3.8) is 0 Å². The van der Waals surface area contributed by atoms with Crippen molar-refractivity contribution in [2.45, 2.75) is 37.0 Å². The smallest absolute Gasteiger partial charge is 0.191 e. The molecule has 0 radical (unpaired) electrons. The lowest BCUT2D eigenvalue weighted by Gasteiger charge is -2.24. The lowest BCUT2D eigenvalue weighted by molar-refractivity contribution is 0.664. The molecule has 21 heavy (non-hydrogen) atoms. The fourth-order valence-corrected chi connectivity index (χ4v) is 2.69. The van der Waals surface area contributed by atoms with Crippen LogP contribution in [0.15, 0.2) is 28.1 Å². The van der Waals surface area contributed by atoms with Gasteiger partial charge in [-0.15, -0.1) is 11.8 Å². The Bertz CT molecular complexity index is 484. The van der Waals surface area contributed by atoms with Gasteiger partial charge in [-0.2, -0.15) is 11.8 Å². The van der Waals surface area contributed by atoms with Crippen molar-refractivity contribution in [3.8, 4) is 0 Å². The van der Waals surface area contributed by atoms with Crippen LogP contribution in [-0.4, -0.2) is 36.8 Å². The number of benzene rings is 1. The van der Waals surface area contributed by atoms with Gasteiger partial charge in [0.25, 0.3) is 0 Å². The number of nitrogens with one attached hydrogen (secondary N) is 2. The molecule has 118 valence electrons. The molecule has 0 heterocycles. The Balaban J connectivity index is 2.60. The van der Waals surface area contributed by atoms with E-state index >= 15 is 0 Å². The number of hydrogen-bond acceptors (Lipinski definition) is 3. The van der Waals surface area contributed by atoms with Gasteiger partial charge in [0.05, 0.1) is 0 Å². The highest BCUT2D eigenvalue weighted by Gasteiger charge is 2.16. The summed E-state index contributed by atoms with van der Waals surface area (Å²) in [5, 5.41) is 6.78. The first kappa shape index (κ1) is 18.2. The molecule has 0 aliphatic carbocycles. The van der Waals surface area contributed by atoms with E-state index in [2.05, 4.69) is 67.1 Å². The van der Waals surface area contributed by atoms with Gasteiger partial charge in [0.15, 0.2) is 5.96 Å². The first-order valence-electron chi connectivity index (χ1n) is 7.05. The highest BCUT2D eigenvalue weighted by molar-refractivity contribution is 8.00. The van der Waals surface area contributed by atoms with Gasteiger partial charge in [-0.25, -0.2) is 0 Å². The van der Waals surface area contributed by atoms with Crippen LogP contribution in [0.2, 0.25) is 0 Å². The summed E-state index contributed by atoms with van der Waals surface area (Å²) in [5.41, 5.74) is 2.60. The van der Waals surface area contributed by atoms with Crippen molar-refractivity contribution in [2.24, 2.45) is 4.99 Å². The molecular formula is C16H27N3S2. The van der Waals surface area contributed by atoms with Crippen LogP contribution >= 0.6 is 23.5 Å². The number of aliphatic imine (C=N–C) groups is 1. The van der Waals surface area contributed by atoms with Gasteiger partial charge in [0.2, 0.25) is 0 Å². The van der Waals surface area contributed by atoms with E-state index in [-0.39, 0.29) is 4.75 Å². The second-order valence-electron chi connectivity index (χ2n) is 5.56. The number of guanidine groups is 1. The third kappa shape index (κ3) is 6.22. The zero-order valence-corrected chi connectivity index (χ0v) is 15.5. The van der Waals surface area contributed by atoms with Crippen LogP contribution in [0, 0.1) is 6.92 Å². The van der Waals surface area contributed by atoms with Gasteiger partial charge in [0.1, 0.15) is 0 Å². The van der Waals surface area contributed by atoms with Crippen molar-refractivity contribution < 1.29 is 0 Å². The van der Waals surface area contributed by atoms with Gasteiger partial charge in [-0.05, 0) is 50.5 Å². The van der Waals surface area contributed by atoms with E-state index in [9.17, 15) is 0 Å². The number of hydrogen-bond donors (Lipinski definition) is 2. The Labute approximate surface area is 137 Å². The fraction of sp³-hybridized carbons (Fsp3) is 0.562. The van der Waals surface area contributed by atoms with Crippen molar-refractivity contribution in [3.05, 3.63) is 29.3 Å². The monoisotopic (exact) mass is 325 g/mol. The van der Waals surface area contributed by atoms with Crippen molar-refractivity contribution in [2.75, 3.05) is 26.1 Å². The Hall–Kier alpha value is -0.810. The molecule has 0 aliphatic heterocycles. The van der Waals surface area contributed by atoms with Crippen molar-refractivity contribution >= 4 is 29.5 Å². The molecular weight excluding hydrogens is 298 g/mol. The second kappa shape index (κ2) is 8.59. The SMILES string of the molecule is CN=C(NCc1ccc(C)cc1SC)NCC(C)(C)SC. The van der Waals surface area contributed by atoms with Crippen molar-refractivity contribution in [1.82, 2.24) is 10.6 Å². The van der Waals surface area contributed by atoms with Crippen LogP contribution in [0.5, 0.6) is 0 Å². The van der Waals surface area contributed by atoms with Gasteiger partial charge in [0, 0.05) is 29.8 Å². The van der Waals surface area contributed by atoms with E-state index in [4.69, 9.17) is 0 Å². The molecule has 2 N–H and O–H groups in total. The quantitative estimate of drug-likeness (QED) is 0.477. The summed E-state index contributed by atoms with van der Waals surface area (Å²) in [7, 11) is 1.81. The minimum absolute atomic E-state index is 0.200. The average molecular weight is 326 g/mol. The van der Waals surface area contributed by atoms with Crippen LogP contribution in [0.4, 0.5) is 0 Å². The Morgan fingerprint density at radius 1 is 1.24 bits per heavy atom. The molecule has 0 unspecified atom stereocenters. The molecule has 0 aliphatic rings. The van der Waals surface area contributed by atoms with Gasteiger partial charge < -0.3 is 10.6 Å². The fourth-order valence-electron chi connectivity index (χ4n) is 1.77. The molecule has 1 aromatic rings. The first-order chi connectivity index (χ1) is 9.91. The molecule has 0 aromatic heterocycles. The number of aryl methyl sites for hydroxylation is 1. The Morgan fingerprint density at radius 3 is 2.52 bits per heavy atom. The molecule has 1 rings (SSSR count). The van der Waals surface area contributed by atoms with E-state index in [0.29, 0.717) is 0 Å². The number of nitrogens with zero attached hydrogens (tertiary/aromatic N) is 1. The van der Waals surface area contributed by atoms with Crippen LogP contribution in [0.1, 0.15) is 25.0 Å². The molecule has 3 nitrogen and oxygen atoms in total. The summed E-state index contributed by atoms with van der Waals surface area (Å²) < 4.78 is 0.200. The third-order valence-electron chi connectivity index (χ3n) is 3.35. The van der Waals surface area contributed by atoms with E-state index in [1.165, 1.54) is 16.0 Å². The lowest BCUT2D eigenvalue weighted by Crippen LogP contribution is -2.43. The summed E-state index contributed by atoms with van der Waals surface area (Å²) >= 11 is 3.64. The zero-order valence-electron chi connectivity index (χ0n) is 13.9. The maximum Gasteiger partial charge on any atom is 0.191 e. The highest BCUT2D eigenvalue weighted by atomic mass is 32.2. The normalized spacial score (nSPS) is 12.4.